The molecule has 0 aromatic heterocycles. The van der Waals surface area contributed by atoms with Crippen molar-refractivity contribution in [3.05, 3.63) is 0 Å². The van der Waals surface area contributed by atoms with Crippen molar-refractivity contribution in [1.82, 2.24) is 5.01 Å². The molecular formula is C5H11ClN3O2+. The van der Waals surface area contributed by atoms with Crippen LogP contribution in [0.2, 0.25) is 0 Å². The van der Waals surface area contributed by atoms with Gasteiger partial charge < -0.3 is 4.84 Å². The van der Waals surface area contributed by atoms with Crippen molar-refractivity contribution in [1.29, 1.82) is 0 Å². The molecule has 1 N–H and O–H groups in total. The minimum atomic E-state index is -0.0507. The number of alkyl halides is 1. The Bertz CT molecular complexity index is 147. The predicted molar refractivity (Wildman–Crippen MR) is 37.1 cm³/mol. The Morgan fingerprint density at radius 1 is 1.55 bits per heavy atom. The number of hydrogen-bond donors (Lipinski definition) is 1. The van der Waals surface area contributed by atoms with Gasteiger partial charge in [-0.1, -0.05) is 11.6 Å². The molecule has 0 aromatic carbocycles. The first-order valence-corrected chi connectivity index (χ1v) is 4.01. The largest absolute Gasteiger partial charge is 0.326 e. The summed E-state index contributed by atoms with van der Waals surface area (Å²) in [6, 6.07) is -0.0507. The second kappa shape index (κ2) is 4.23. The van der Waals surface area contributed by atoms with Crippen LogP contribution in [-0.2, 0) is 4.84 Å². The van der Waals surface area contributed by atoms with Gasteiger partial charge in [-0.05, 0) is 12.8 Å². The van der Waals surface area contributed by atoms with Crippen molar-refractivity contribution >= 4 is 11.6 Å². The highest BCUT2D eigenvalue weighted by atomic mass is 35.5. The Morgan fingerprint density at radius 2 is 2.18 bits per heavy atom. The summed E-state index contributed by atoms with van der Waals surface area (Å²) in [5, 5.41) is 14.1. The molecule has 11 heavy (non-hydrogen) atoms. The molecule has 0 amide bonds. The Balaban J connectivity index is 2.32. The third kappa shape index (κ3) is 2.42. The molecule has 0 radical (unpaired) electrons. The molecule has 5 nitrogen and oxygen atoms in total. The first kappa shape index (κ1) is 8.39. The van der Waals surface area contributed by atoms with Gasteiger partial charge in [0.25, 0.3) is 10.2 Å². The van der Waals surface area contributed by atoms with E-state index in [4.69, 9.17) is 16.8 Å². The van der Waals surface area contributed by atoms with E-state index < -0.39 is 0 Å². The van der Waals surface area contributed by atoms with Gasteiger partial charge in [0.2, 0.25) is 0 Å². The molecule has 1 rings (SSSR count). The molecule has 1 aliphatic rings. The van der Waals surface area contributed by atoms with Gasteiger partial charge in [0.05, 0.1) is 13.1 Å². The molecule has 0 saturated carbocycles. The van der Waals surface area contributed by atoms with Gasteiger partial charge >= 0.3 is 0 Å². The van der Waals surface area contributed by atoms with Crippen LogP contribution < -0.4 is 0 Å². The zero-order valence-corrected chi connectivity index (χ0v) is 6.87. The zero-order chi connectivity index (χ0) is 8.10. The van der Waals surface area contributed by atoms with E-state index in [0.29, 0.717) is 4.97 Å². The quantitative estimate of drug-likeness (QED) is 0.305. The van der Waals surface area contributed by atoms with Crippen molar-refractivity contribution in [3.63, 3.8) is 0 Å². The Kier molecular flexibility index (Phi) is 3.22. The normalized spacial score (nSPS) is 19.0. The summed E-state index contributed by atoms with van der Waals surface area (Å²) in [6.45, 7) is 1.62. The van der Waals surface area contributed by atoms with Gasteiger partial charge in [-0.3, -0.25) is 0 Å². The lowest BCUT2D eigenvalue weighted by Gasteiger charge is -2.00. The highest BCUT2D eigenvalue weighted by Crippen LogP contribution is 2.06. The fourth-order valence-corrected chi connectivity index (χ4v) is 1.05. The Morgan fingerprint density at radius 3 is 2.73 bits per heavy atom. The van der Waals surface area contributed by atoms with Crippen LogP contribution in [0.1, 0.15) is 12.8 Å². The lowest BCUT2D eigenvalue weighted by molar-refractivity contribution is -0.939. The van der Waals surface area contributed by atoms with E-state index in [1.807, 2.05) is 0 Å². The highest BCUT2D eigenvalue weighted by Gasteiger charge is 2.22. The summed E-state index contributed by atoms with van der Waals surface area (Å²) in [7, 11) is 0. The van der Waals surface area contributed by atoms with Gasteiger partial charge in [0.1, 0.15) is 0 Å². The van der Waals surface area contributed by atoms with Crippen LogP contribution in [-0.4, -0.2) is 34.3 Å². The Hall–Kier alpha value is -0.710. The van der Waals surface area contributed by atoms with E-state index in [1.54, 1.807) is 5.01 Å². The molecule has 0 aliphatic carbocycles. The molecule has 1 heterocycles. The van der Waals surface area contributed by atoms with Crippen LogP contribution in [0.5, 0.6) is 0 Å². The molecule has 64 valence electrons. The molecule has 0 spiro atoms. The second-order valence-electron chi connectivity index (χ2n) is 2.25. The SMILES string of the molecule is O/[N+](=N\OCCl)N1CCCC1. The standard InChI is InChI=1S/C5H11ClN3O2/c6-5-11-7-9(10)8-3-1-2-4-8/h1-5H2,(H,7,10)/q+1. The summed E-state index contributed by atoms with van der Waals surface area (Å²) in [4.78, 5) is 5.14. The average molecular weight is 181 g/mol. The molecular weight excluding hydrogens is 170 g/mol. The van der Waals surface area contributed by atoms with Crippen LogP contribution in [0.4, 0.5) is 0 Å². The highest BCUT2D eigenvalue weighted by molar-refractivity contribution is 6.17. The Labute approximate surface area is 69.7 Å². The van der Waals surface area contributed by atoms with Crippen molar-refractivity contribution < 1.29 is 15.0 Å². The van der Waals surface area contributed by atoms with Crippen LogP contribution >= 0.6 is 11.6 Å². The molecule has 1 saturated heterocycles. The first-order chi connectivity index (χ1) is 5.34. The van der Waals surface area contributed by atoms with E-state index in [9.17, 15) is 0 Å². The van der Waals surface area contributed by atoms with Crippen molar-refractivity contribution in [2.75, 3.05) is 19.2 Å². The molecule has 0 bridgehead atoms. The summed E-state index contributed by atoms with van der Waals surface area (Å²) in [6.07, 6.45) is 2.15. The number of halogens is 1. The predicted octanol–water partition coefficient (Wildman–Crippen LogP) is 0.979. The number of hydrogen-bond acceptors (Lipinski definition) is 2. The van der Waals surface area contributed by atoms with Crippen LogP contribution in [0.25, 0.3) is 0 Å². The van der Waals surface area contributed by atoms with Crippen LogP contribution in [0.15, 0.2) is 5.28 Å². The molecule has 1 aliphatic heterocycles. The van der Waals surface area contributed by atoms with E-state index in [2.05, 4.69) is 10.1 Å². The average Bonchev–Trinajstić information content (AvgIpc) is 2.52. The minimum Gasteiger partial charge on any atom is -0.326 e. The number of hydrazine groups is 1. The molecule has 0 atom stereocenters. The van der Waals surface area contributed by atoms with Gasteiger partial charge in [0.15, 0.2) is 6.07 Å². The fourth-order valence-electron chi connectivity index (χ4n) is 1.00. The zero-order valence-electron chi connectivity index (χ0n) is 6.11. The monoisotopic (exact) mass is 180 g/mol. The van der Waals surface area contributed by atoms with Gasteiger partial charge in [-0.2, -0.15) is 0 Å². The third-order valence-corrected chi connectivity index (χ3v) is 1.61. The molecule has 1 fully saturated rings. The van der Waals surface area contributed by atoms with Crippen molar-refractivity contribution in [2.24, 2.45) is 5.28 Å². The van der Waals surface area contributed by atoms with Gasteiger partial charge in [-0.25, -0.2) is 5.21 Å². The lowest BCUT2D eigenvalue weighted by atomic mass is 10.4. The third-order valence-electron chi connectivity index (χ3n) is 1.51. The first-order valence-electron chi connectivity index (χ1n) is 3.47. The topological polar surface area (TPSA) is 48.1 Å². The maximum Gasteiger partial charge on any atom is 0.275 e. The van der Waals surface area contributed by atoms with E-state index in [0.717, 1.165) is 25.9 Å². The van der Waals surface area contributed by atoms with E-state index >= 15 is 0 Å². The maximum absolute atomic E-state index is 9.09. The van der Waals surface area contributed by atoms with Crippen LogP contribution in [0.3, 0.4) is 0 Å². The van der Waals surface area contributed by atoms with Gasteiger partial charge in [0, 0.05) is 0 Å². The number of nitrogens with zero attached hydrogens (tertiary/aromatic N) is 3. The second-order valence-corrected chi connectivity index (χ2v) is 2.47. The maximum atomic E-state index is 9.09. The minimum absolute atomic E-state index is 0.0507. The molecule has 0 unspecified atom stereocenters. The van der Waals surface area contributed by atoms with Crippen molar-refractivity contribution in [3.8, 4) is 0 Å². The molecule has 0 aromatic rings. The fraction of sp³-hybridized carbons (Fsp3) is 1.00. The van der Waals surface area contributed by atoms with Crippen LogP contribution in [0, 0.1) is 0 Å². The van der Waals surface area contributed by atoms with E-state index in [1.165, 1.54) is 0 Å². The summed E-state index contributed by atoms with van der Waals surface area (Å²) in [5.41, 5.74) is 0. The van der Waals surface area contributed by atoms with Gasteiger partial charge in [-0.15, -0.1) is 5.01 Å². The summed E-state index contributed by atoms with van der Waals surface area (Å²) >= 11 is 5.18. The summed E-state index contributed by atoms with van der Waals surface area (Å²) in [5.74, 6) is 0. The van der Waals surface area contributed by atoms with E-state index in [-0.39, 0.29) is 6.07 Å². The summed E-state index contributed by atoms with van der Waals surface area (Å²) < 4.78 is 0. The number of rotatable bonds is 3. The molecule has 6 heteroatoms. The van der Waals surface area contributed by atoms with Crippen molar-refractivity contribution in [2.45, 2.75) is 12.8 Å². The smallest absolute Gasteiger partial charge is 0.275 e. The lowest BCUT2D eigenvalue weighted by Crippen LogP contribution is -2.28.